The summed E-state index contributed by atoms with van der Waals surface area (Å²) in [6, 6.07) is -0.289. The van der Waals surface area contributed by atoms with Crippen LogP contribution in [0.1, 0.15) is 71.6 Å². The van der Waals surface area contributed by atoms with Crippen molar-refractivity contribution < 1.29 is 9.59 Å². The summed E-state index contributed by atoms with van der Waals surface area (Å²) in [5, 5.41) is 3.20. The SMILES string of the molecule is CC(C)CC(C(=O)NC(CN)C1CCCCC1)N1CCCCC1=O. The van der Waals surface area contributed by atoms with E-state index in [4.69, 9.17) is 5.73 Å². The largest absolute Gasteiger partial charge is 0.350 e. The first-order chi connectivity index (χ1) is 11.5. The summed E-state index contributed by atoms with van der Waals surface area (Å²) in [6.45, 7) is 5.41. The molecule has 2 amide bonds. The lowest BCUT2D eigenvalue weighted by Crippen LogP contribution is -2.56. The Hall–Kier alpha value is -1.10. The van der Waals surface area contributed by atoms with Crippen molar-refractivity contribution in [2.45, 2.75) is 83.7 Å². The Morgan fingerprint density at radius 2 is 1.92 bits per heavy atom. The van der Waals surface area contributed by atoms with Crippen molar-refractivity contribution in [3.05, 3.63) is 0 Å². The predicted molar refractivity (Wildman–Crippen MR) is 96.4 cm³/mol. The zero-order valence-electron chi connectivity index (χ0n) is 15.4. The fraction of sp³-hybridized carbons (Fsp3) is 0.895. The molecule has 3 N–H and O–H groups in total. The van der Waals surface area contributed by atoms with Crippen molar-refractivity contribution in [2.24, 2.45) is 17.6 Å². The first-order valence-corrected chi connectivity index (χ1v) is 9.82. The Bertz CT molecular complexity index is 419. The molecule has 1 aliphatic heterocycles. The molecular formula is C19H35N3O2. The maximum atomic E-state index is 13.0. The number of hydrogen-bond donors (Lipinski definition) is 2. The molecule has 0 spiro atoms. The average molecular weight is 338 g/mol. The van der Waals surface area contributed by atoms with Crippen molar-refractivity contribution in [1.29, 1.82) is 0 Å². The van der Waals surface area contributed by atoms with Crippen molar-refractivity contribution in [2.75, 3.05) is 13.1 Å². The maximum absolute atomic E-state index is 13.0. The van der Waals surface area contributed by atoms with E-state index in [-0.39, 0.29) is 23.9 Å². The van der Waals surface area contributed by atoms with Crippen LogP contribution in [0, 0.1) is 11.8 Å². The van der Waals surface area contributed by atoms with Crippen LogP contribution in [0.2, 0.25) is 0 Å². The highest BCUT2D eigenvalue weighted by Gasteiger charge is 2.34. The van der Waals surface area contributed by atoms with Crippen LogP contribution < -0.4 is 11.1 Å². The minimum Gasteiger partial charge on any atom is -0.350 e. The fourth-order valence-electron chi connectivity index (χ4n) is 4.16. The molecule has 1 saturated heterocycles. The number of likely N-dealkylation sites (tertiary alicyclic amines) is 1. The smallest absolute Gasteiger partial charge is 0.243 e. The minimum atomic E-state index is -0.338. The zero-order chi connectivity index (χ0) is 17.5. The van der Waals surface area contributed by atoms with Crippen LogP contribution in [0.15, 0.2) is 0 Å². The first kappa shape index (κ1) is 19.2. The molecule has 5 heteroatoms. The lowest BCUT2D eigenvalue weighted by molar-refractivity contribution is -0.143. The number of nitrogens with two attached hydrogens (primary N) is 1. The van der Waals surface area contributed by atoms with Gasteiger partial charge in [0.05, 0.1) is 0 Å². The second kappa shape index (κ2) is 9.40. The molecule has 5 nitrogen and oxygen atoms in total. The van der Waals surface area contributed by atoms with Crippen LogP contribution in [0.3, 0.4) is 0 Å². The number of piperidine rings is 1. The van der Waals surface area contributed by atoms with Gasteiger partial charge in [-0.15, -0.1) is 0 Å². The van der Waals surface area contributed by atoms with Gasteiger partial charge in [0.2, 0.25) is 11.8 Å². The van der Waals surface area contributed by atoms with E-state index in [1.807, 2.05) is 4.90 Å². The average Bonchev–Trinajstić information content (AvgIpc) is 2.58. The zero-order valence-corrected chi connectivity index (χ0v) is 15.4. The van der Waals surface area contributed by atoms with E-state index in [2.05, 4.69) is 19.2 Å². The van der Waals surface area contributed by atoms with Gasteiger partial charge in [0, 0.05) is 25.6 Å². The van der Waals surface area contributed by atoms with Crippen LogP contribution in [0.4, 0.5) is 0 Å². The number of carbonyl (C=O) groups excluding carboxylic acids is 2. The molecule has 138 valence electrons. The standard InChI is InChI=1S/C19H35N3O2/c1-14(2)12-17(22-11-7-6-10-18(22)23)19(24)21-16(13-20)15-8-4-3-5-9-15/h14-17H,3-13,20H2,1-2H3,(H,21,24). The molecule has 0 aromatic heterocycles. The lowest BCUT2D eigenvalue weighted by atomic mass is 9.83. The topological polar surface area (TPSA) is 75.4 Å². The Labute approximate surface area is 146 Å². The summed E-state index contributed by atoms with van der Waals surface area (Å²) in [7, 11) is 0. The lowest BCUT2D eigenvalue weighted by Gasteiger charge is -2.37. The molecular weight excluding hydrogens is 302 g/mol. The number of hydrogen-bond acceptors (Lipinski definition) is 3. The van der Waals surface area contributed by atoms with E-state index in [9.17, 15) is 9.59 Å². The van der Waals surface area contributed by atoms with Gasteiger partial charge in [0.1, 0.15) is 6.04 Å². The third-order valence-corrected chi connectivity index (χ3v) is 5.53. The highest BCUT2D eigenvalue weighted by molar-refractivity contribution is 5.88. The number of rotatable bonds is 7. The van der Waals surface area contributed by atoms with Gasteiger partial charge in [0.25, 0.3) is 0 Å². The third kappa shape index (κ3) is 5.20. The van der Waals surface area contributed by atoms with Gasteiger partial charge in [-0.2, -0.15) is 0 Å². The molecule has 1 saturated carbocycles. The summed E-state index contributed by atoms with van der Waals surface area (Å²) >= 11 is 0. The van der Waals surface area contributed by atoms with Crippen LogP contribution in [0.25, 0.3) is 0 Å². The van der Waals surface area contributed by atoms with Gasteiger partial charge in [-0.1, -0.05) is 33.1 Å². The van der Waals surface area contributed by atoms with Crippen LogP contribution in [-0.2, 0) is 9.59 Å². The van der Waals surface area contributed by atoms with Crippen molar-refractivity contribution in [1.82, 2.24) is 10.2 Å². The van der Waals surface area contributed by atoms with Crippen molar-refractivity contribution in [3.8, 4) is 0 Å². The number of nitrogens with zero attached hydrogens (tertiary/aromatic N) is 1. The summed E-state index contributed by atoms with van der Waals surface area (Å²) in [5.41, 5.74) is 5.96. The second-order valence-corrected chi connectivity index (χ2v) is 7.94. The summed E-state index contributed by atoms with van der Waals surface area (Å²) in [5.74, 6) is 0.995. The number of amides is 2. The Morgan fingerprint density at radius 1 is 1.21 bits per heavy atom. The Morgan fingerprint density at radius 3 is 2.50 bits per heavy atom. The molecule has 0 aromatic carbocycles. The minimum absolute atomic E-state index is 0.0000246. The predicted octanol–water partition coefficient (Wildman–Crippen LogP) is 2.44. The molecule has 1 heterocycles. The molecule has 0 aromatic rings. The van der Waals surface area contributed by atoms with Gasteiger partial charge in [0.15, 0.2) is 0 Å². The normalized spacial score (nSPS) is 22.5. The summed E-state index contributed by atoms with van der Waals surface area (Å²) < 4.78 is 0. The molecule has 2 fully saturated rings. The van der Waals surface area contributed by atoms with Gasteiger partial charge >= 0.3 is 0 Å². The van der Waals surface area contributed by atoms with E-state index in [0.717, 1.165) is 32.1 Å². The molecule has 2 rings (SSSR count). The van der Waals surface area contributed by atoms with Gasteiger partial charge in [-0.25, -0.2) is 0 Å². The first-order valence-electron chi connectivity index (χ1n) is 9.82. The monoisotopic (exact) mass is 337 g/mol. The molecule has 1 aliphatic carbocycles. The van der Waals surface area contributed by atoms with Gasteiger partial charge < -0.3 is 16.0 Å². The fourth-order valence-corrected chi connectivity index (χ4v) is 4.16. The van der Waals surface area contributed by atoms with Gasteiger partial charge in [-0.3, -0.25) is 9.59 Å². The Kier molecular flexibility index (Phi) is 7.53. The summed E-state index contributed by atoms with van der Waals surface area (Å²) in [6.07, 6.45) is 9.30. The van der Waals surface area contributed by atoms with E-state index in [1.165, 1.54) is 19.3 Å². The molecule has 24 heavy (non-hydrogen) atoms. The van der Waals surface area contributed by atoms with Crippen molar-refractivity contribution in [3.63, 3.8) is 0 Å². The second-order valence-electron chi connectivity index (χ2n) is 7.94. The van der Waals surface area contributed by atoms with E-state index >= 15 is 0 Å². The molecule has 2 atom stereocenters. The van der Waals surface area contributed by atoms with Gasteiger partial charge in [-0.05, 0) is 43.9 Å². The van der Waals surface area contributed by atoms with E-state index in [1.54, 1.807) is 0 Å². The van der Waals surface area contributed by atoms with E-state index in [0.29, 0.717) is 31.3 Å². The third-order valence-electron chi connectivity index (χ3n) is 5.53. The number of nitrogens with one attached hydrogen (secondary N) is 1. The molecule has 0 bridgehead atoms. The van der Waals surface area contributed by atoms with Crippen LogP contribution >= 0.6 is 0 Å². The maximum Gasteiger partial charge on any atom is 0.243 e. The van der Waals surface area contributed by atoms with Crippen LogP contribution in [-0.4, -0.2) is 41.9 Å². The van der Waals surface area contributed by atoms with E-state index < -0.39 is 0 Å². The molecule has 0 radical (unpaired) electrons. The molecule has 2 unspecified atom stereocenters. The quantitative estimate of drug-likeness (QED) is 0.749. The summed E-state index contributed by atoms with van der Waals surface area (Å²) in [4.78, 5) is 27.1. The Balaban J connectivity index is 2.03. The highest BCUT2D eigenvalue weighted by Crippen LogP contribution is 2.27. The highest BCUT2D eigenvalue weighted by atomic mass is 16.2. The number of carbonyl (C=O) groups is 2. The van der Waals surface area contributed by atoms with Crippen LogP contribution in [0.5, 0.6) is 0 Å². The molecule has 2 aliphatic rings. The van der Waals surface area contributed by atoms with Crippen molar-refractivity contribution >= 4 is 11.8 Å².